The summed E-state index contributed by atoms with van der Waals surface area (Å²) >= 11 is 0. The van der Waals surface area contributed by atoms with E-state index in [9.17, 15) is 14.3 Å². The van der Waals surface area contributed by atoms with E-state index >= 15 is 0 Å². The van der Waals surface area contributed by atoms with Crippen molar-refractivity contribution in [2.24, 2.45) is 5.92 Å². The smallest absolute Gasteiger partial charge is 0.306 e. The monoisotopic (exact) mass is 311 g/mol. The molecule has 0 aliphatic heterocycles. The maximum Gasteiger partial charge on any atom is 0.306 e. The summed E-state index contributed by atoms with van der Waals surface area (Å²) in [5.74, 6) is -1.55. The highest BCUT2D eigenvalue weighted by Gasteiger charge is 2.23. The van der Waals surface area contributed by atoms with Crippen LogP contribution in [0.15, 0.2) is 24.3 Å². The van der Waals surface area contributed by atoms with E-state index in [0.717, 1.165) is 31.5 Å². The zero-order valence-corrected chi connectivity index (χ0v) is 13.3. The van der Waals surface area contributed by atoms with E-state index in [1.807, 2.05) is 6.92 Å². The van der Waals surface area contributed by atoms with Crippen molar-refractivity contribution in [1.82, 2.24) is 5.32 Å². The lowest BCUT2D eigenvalue weighted by atomic mass is 9.92. The first kappa shape index (κ1) is 18.6. The number of halogens is 1. The fraction of sp³-hybridized carbons (Fsp3) is 0.588. The standard InChI is InChI=1S/C17H26FNO3/c1-3-19-11-5-4-6-14(17(20)21)12-16(22-2)13-7-9-15(18)10-8-13/h7-10,14,16,19H,3-6,11-12H2,1-2H3,(H,20,21)/t14-,16+/m0/s1. The van der Waals surface area contributed by atoms with Crippen LogP contribution >= 0.6 is 0 Å². The van der Waals surface area contributed by atoms with Crippen molar-refractivity contribution in [2.75, 3.05) is 20.2 Å². The molecule has 5 heteroatoms. The minimum Gasteiger partial charge on any atom is -0.481 e. The van der Waals surface area contributed by atoms with Gasteiger partial charge in [0.2, 0.25) is 0 Å². The minimum atomic E-state index is -0.799. The summed E-state index contributed by atoms with van der Waals surface area (Å²) < 4.78 is 18.4. The molecule has 1 aromatic carbocycles. The predicted molar refractivity (Wildman–Crippen MR) is 84.3 cm³/mol. The van der Waals surface area contributed by atoms with Crippen LogP contribution < -0.4 is 5.32 Å². The molecule has 0 radical (unpaired) electrons. The van der Waals surface area contributed by atoms with E-state index in [4.69, 9.17) is 4.74 Å². The molecular formula is C17H26FNO3. The van der Waals surface area contributed by atoms with Crippen LogP contribution in [0.2, 0.25) is 0 Å². The first-order valence-electron chi connectivity index (χ1n) is 7.80. The average molecular weight is 311 g/mol. The Morgan fingerprint density at radius 1 is 1.32 bits per heavy atom. The molecule has 0 spiro atoms. The van der Waals surface area contributed by atoms with Crippen molar-refractivity contribution in [3.63, 3.8) is 0 Å². The van der Waals surface area contributed by atoms with E-state index < -0.39 is 11.9 Å². The number of ether oxygens (including phenoxy) is 1. The summed E-state index contributed by atoms with van der Waals surface area (Å²) in [6.07, 6.45) is 2.53. The molecule has 0 heterocycles. The number of carboxylic acids is 1. The molecule has 0 aliphatic rings. The van der Waals surface area contributed by atoms with E-state index in [1.165, 1.54) is 12.1 Å². The molecule has 2 N–H and O–H groups in total. The number of aliphatic carboxylic acids is 1. The second kappa shape index (κ2) is 10.3. The van der Waals surface area contributed by atoms with Gasteiger partial charge in [-0.05, 0) is 50.0 Å². The highest BCUT2D eigenvalue weighted by atomic mass is 19.1. The van der Waals surface area contributed by atoms with Crippen LogP contribution in [0.4, 0.5) is 4.39 Å². The lowest BCUT2D eigenvalue weighted by molar-refractivity contribution is -0.143. The molecule has 0 fully saturated rings. The number of unbranched alkanes of at least 4 members (excludes halogenated alkanes) is 1. The number of nitrogens with one attached hydrogen (secondary N) is 1. The number of benzene rings is 1. The van der Waals surface area contributed by atoms with Crippen LogP contribution in [0.5, 0.6) is 0 Å². The lowest BCUT2D eigenvalue weighted by Crippen LogP contribution is -2.19. The molecule has 0 aliphatic carbocycles. The Bertz CT molecular complexity index is 436. The first-order chi connectivity index (χ1) is 10.6. The van der Waals surface area contributed by atoms with Gasteiger partial charge in [0.05, 0.1) is 12.0 Å². The zero-order chi connectivity index (χ0) is 16.4. The van der Waals surface area contributed by atoms with Crippen molar-refractivity contribution in [3.05, 3.63) is 35.6 Å². The molecule has 0 bridgehead atoms. The Hall–Kier alpha value is -1.46. The van der Waals surface area contributed by atoms with Crippen LogP contribution in [0, 0.1) is 11.7 Å². The van der Waals surface area contributed by atoms with Gasteiger partial charge in [-0.1, -0.05) is 25.5 Å². The summed E-state index contributed by atoms with van der Waals surface area (Å²) in [5, 5.41) is 12.6. The first-order valence-corrected chi connectivity index (χ1v) is 7.80. The molecule has 0 unspecified atom stereocenters. The zero-order valence-electron chi connectivity index (χ0n) is 13.3. The number of hydrogen-bond donors (Lipinski definition) is 2. The average Bonchev–Trinajstić information content (AvgIpc) is 2.51. The number of rotatable bonds is 11. The van der Waals surface area contributed by atoms with Gasteiger partial charge in [-0.2, -0.15) is 0 Å². The third-order valence-corrected chi connectivity index (χ3v) is 3.78. The third kappa shape index (κ3) is 6.54. The SMILES string of the molecule is CCNCCCC[C@@H](C[C@@H](OC)c1ccc(F)cc1)C(=O)O. The largest absolute Gasteiger partial charge is 0.481 e. The fourth-order valence-corrected chi connectivity index (χ4v) is 2.46. The van der Waals surface area contributed by atoms with Gasteiger partial charge >= 0.3 is 5.97 Å². The Balaban J connectivity index is 2.55. The molecular weight excluding hydrogens is 285 g/mol. The summed E-state index contributed by atoms with van der Waals surface area (Å²) in [7, 11) is 1.55. The maximum atomic E-state index is 13.0. The van der Waals surface area contributed by atoms with E-state index in [1.54, 1.807) is 19.2 Å². The molecule has 1 rings (SSSR count). The van der Waals surface area contributed by atoms with Crippen LogP contribution in [0.25, 0.3) is 0 Å². The summed E-state index contributed by atoms with van der Waals surface area (Å²) in [4.78, 5) is 11.4. The Kier molecular flexibility index (Phi) is 8.70. The normalized spacial score (nSPS) is 13.8. The molecule has 2 atom stereocenters. The van der Waals surface area contributed by atoms with Crippen LogP contribution in [0.1, 0.15) is 44.3 Å². The number of hydrogen-bond acceptors (Lipinski definition) is 3. The van der Waals surface area contributed by atoms with Crippen molar-refractivity contribution in [1.29, 1.82) is 0 Å². The third-order valence-electron chi connectivity index (χ3n) is 3.78. The molecule has 0 saturated carbocycles. The maximum absolute atomic E-state index is 13.0. The van der Waals surface area contributed by atoms with Crippen molar-refractivity contribution in [3.8, 4) is 0 Å². The van der Waals surface area contributed by atoms with Gasteiger partial charge < -0.3 is 15.2 Å². The number of carbonyl (C=O) groups is 1. The van der Waals surface area contributed by atoms with Gasteiger partial charge in [0, 0.05) is 7.11 Å². The van der Waals surface area contributed by atoms with Crippen LogP contribution in [-0.4, -0.2) is 31.3 Å². The topological polar surface area (TPSA) is 58.6 Å². The highest BCUT2D eigenvalue weighted by molar-refractivity contribution is 5.70. The van der Waals surface area contributed by atoms with Gasteiger partial charge in [0.1, 0.15) is 5.82 Å². The minimum absolute atomic E-state index is 0.309. The van der Waals surface area contributed by atoms with Gasteiger partial charge in [-0.25, -0.2) is 4.39 Å². The summed E-state index contributed by atoms with van der Waals surface area (Å²) in [6, 6.07) is 6.03. The quantitative estimate of drug-likeness (QED) is 0.615. The van der Waals surface area contributed by atoms with Crippen LogP contribution in [-0.2, 0) is 9.53 Å². The molecule has 0 saturated heterocycles. The molecule has 124 valence electrons. The van der Waals surface area contributed by atoms with E-state index in [2.05, 4.69) is 5.32 Å². The van der Waals surface area contributed by atoms with Crippen molar-refractivity contribution in [2.45, 2.75) is 38.7 Å². The van der Waals surface area contributed by atoms with Crippen LogP contribution in [0.3, 0.4) is 0 Å². The Labute approximate surface area is 131 Å². The van der Waals surface area contributed by atoms with Crippen molar-refractivity contribution < 1.29 is 19.0 Å². The second-order valence-electron chi connectivity index (χ2n) is 5.40. The summed E-state index contributed by atoms with van der Waals surface area (Å²) in [5.41, 5.74) is 0.808. The molecule has 0 amide bonds. The van der Waals surface area contributed by atoms with E-state index in [0.29, 0.717) is 12.8 Å². The number of carboxylic acid groups (broad SMARTS) is 1. The van der Waals surface area contributed by atoms with Crippen molar-refractivity contribution >= 4 is 5.97 Å². The predicted octanol–water partition coefficient (Wildman–Crippen LogP) is 3.38. The Morgan fingerprint density at radius 2 is 2.00 bits per heavy atom. The fourth-order valence-electron chi connectivity index (χ4n) is 2.46. The van der Waals surface area contributed by atoms with E-state index in [-0.39, 0.29) is 11.9 Å². The second-order valence-corrected chi connectivity index (χ2v) is 5.40. The lowest BCUT2D eigenvalue weighted by Gasteiger charge is -2.20. The van der Waals surface area contributed by atoms with Gasteiger partial charge in [-0.15, -0.1) is 0 Å². The molecule has 1 aromatic rings. The molecule has 0 aromatic heterocycles. The summed E-state index contributed by atoms with van der Waals surface area (Å²) in [6.45, 7) is 3.89. The van der Waals surface area contributed by atoms with Gasteiger partial charge in [0.25, 0.3) is 0 Å². The highest BCUT2D eigenvalue weighted by Crippen LogP contribution is 2.27. The van der Waals surface area contributed by atoms with Gasteiger partial charge in [0.15, 0.2) is 0 Å². The molecule has 22 heavy (non-hydrogen) atoms. The number of methoxy groups -OCH3 is 1. The van der Waals surface area contributed by atoms with Gasteiger partial charge in [-0.3, -0.25) is 4.79 Å². The Morgan fingerprint density at radius 3 is 2.55 bits per heavy atom. The molecule has 4 nitrogen and oxygen atoms in total.